The highest BCUT2D eigenvalue weighted by Gasteiger charge is 2.16. The van der Waals surface area contributed by atoms with Crippen molar-refractivity contribution in [2.45, 2.75) is 32.9 Å². The molecular formula is C20H22FNO4. The minimum atomic E-state index is -0.610. The largest absolute Gasteiger partial charge is 0.489 e. The zero-order chi connectivity index (χ0) is 19.2. The predicted molar refractivity (Wildman–Crippen MR) is 95.4 cm³/mol. The van der Waals surface area contributed by atoms with Crippen molar-refractivity contribution in [2.75, 3.05) is 6.61 Å². The Labute approximate surface area is 152 Å². The first-order valence-electron chi connectivity index (χ1n) is 8.18. The quantitative estimate of drug-likeness (QED) is 0.802. The molecule has 0 bridgehead atoms. The number of amides is 1. The highest BCUT2D eigenvalue weighted by molar-refractivity contribution is 5.91. The summed E-state index contributed by atoms with van der Waals surface area (Å²) in [7, 11) is 0. The van der Waals surface area contributed by atoms with Gasteiger partial charge in [0.15, 0.2) is 6.61 Å². The molecule has 5 nitrogen and oxygen atoms in total. The Balaban J connectivity index is 1.90. The molecule has 0 saturated carbocycles. The van der Waals surface area contributed by atoms with Crippen molar-refractivity contribution in [1.29, 1.82) is 0 Å². The topological polar surface area (TPSA) is 64.6 Å². The van der Waals surface area contributed by atoms with Crippen LogP contribution >= 0.6 is 0 Å². The normalized spacial score (nSPS) is 10.9. The van der Waals surface area contributed by atoms with Crippen LogP contribution in [0.4, 0.5) is 4.39 Å². The average molecular weight is 359 g/mol. The molecule has 0 radical (unpaired) electrons. The van der Waals surface area contributed by atoms with Crippen molar-refractivity contribution >= 4 is 11.9 Å². The van der Waals surface area contributed by atoms with Gasteiger partial charge in [0, 0.05) is 5.54 Å². The van der Waals surface area contributed by atoms with E-state index in [1.807, 2.05) is 20.8 Å². The van der Waals surface area contributed by atoms with E-state index in [4.69, 9.17) is 9.47 Å². The summed E-state index contributed by atoms with van der Waals surface area (Å²) in [6, 6.07) is 12.4. The van der Waals surface area contributed by atoms with E-state index in [0.717, 1.165) is 5.56 Å². The third-order valence-corrected chi connectivity index (χ3v) is 3.24. The molecule has 0 aromatic heterocycles. The molecular weight excluding hydrogens is 337 g/mol. The van der Waals surface area contributed by atoms with E-state index in [9.17, 15) is 14.0 Å². The summed E-state index contributed by atoms with van der Waals surface area (Å²) in [6.07, 6.45) is 0. The molecule has 1 N–H and O–H groups in total. The molecule has 0 atom stereocenters. The molecule has 0 aliphatic carbocycles. The van der Waals surface area contributed by atoms with E-state index in [1.54, 1.807) is 30.3 Å². The fourth-order valence-corrected chi connectivity index (χ4v) is 2.13. The molecule has 0 saturated heterocycles. The molecule has 0 spiro atoms. The summed E-state index contributed by atoms with van der Waals surface area (Å²) in [5.74, 6) is -0.812. The molecule has 0 heterocycles. The van der Waals surface area contributed by atoms with Crippen LogP contribution in [0.5, 0.6) is 5.75 Å². The Bertz CT molecular complexity index is 766. The van der Waals surface area contributed by atoms with Crippen molar-refractivity contribution in [2.24, 2.45) is 0 Å². The molecule has 0 fully saturated rings. The third kappa shape index (κ3) is 6.55. The van der Waals surface area contributed by atoms with E-state index in [2.05, 4.69) is 5.32 Å². The lowest BCUT2D eigenvalue weighted by atomic mass is 10.1. The predicted octanol–water partition coefficient (Wildman–Crippen LogP) is 3.48. The monoisotopic (exact) mass is 359 g/mol. The van der Waals surface area contributed by atoms with Gasteiger partial charge in [-0.2, -0.15) is 0 Å². The van der Waals surface area contributed by atoms with Gasteiger partial charge in [0.25, 0.3) is 5.91 Å². The Morgan fingerprint density at radius 3 is 2.42 bits per heavy atom. The summed E-state index contributed by atoms with van der Waals surface area (Å²) in [5, 5.41) is 2.71. The van der Waals surface area contributed by atoms with Crippen LogP contribution in [0, 0.1) is 5.82 Å². The van der Waals surface area contributed by atoms with Crippen molar-refractivity contribution < 1.29 is 23.5 Å². The number of hydrogen-bond acceptors (Lipinski definition) is 4. The summed E-state index contributed by atoms with van der Waals surface area (Å²) in [4.78, 5) is 23.8. The lowest BCUT2D eigenvalue weighted by Gasteiger charge is -2.20. The van der Waals surface area contributed by atoms with Crippen molar-refractivity contribution in [1.82, 2.24) is 5.32 Å². The fourth-order valence-electron chi connectivity index (χ4n) is 2.13. The van der Waals surface area contributed by atoms with Gasteiger partial charge in [-0.1, -0.05) is 18.2 Å². The number of hydrogen-bond donors (Lipinski definition) is 1. The standard InChI is InChI=1S/C20H22FNO4/c1-20(2,3)22-18(23)13-26-19(24)15-5-4-6-17(11-15)25-12-14-7-9-16(21)10-8-14/h4-11H,12-13H2,1-3H3,(H,22,23). The van der Waals surface area contributed by atoms with Crippen molar-refractivity contribution in [3.05, 3.63) is 65.5 Å². The second-order valence-electron chi connectivity index (χ2n) is 6.82. The van der Waals surface area contributed by atoms with E-state index in [1.165, 1.54) is 18.2 Å². The van der Waals surface area contributed by atoms with Crippen LogP contribution in [0.2, 0.25) is 0 Å². The lowest BCUT2D eigenvalue weighted by Crippen LogP contribution is -2.42. The Kier molecular flexibility index (Phi) is 6.33. The number of halogens is 1. The number of carbonyl (C=O) groups is 2. The van der Waals surface area contributed by atoms with Crippen LogP contribution in [-0.2, 0) is 16.1 Å². The highest BCUT2D eigenvalue weighted by atomic mass is 19.1. The smallest absolute Gasteiger partial charge is 0.338 e. The zero-order valence-electron chi connectivity index (χ0n) is 15.0. The summed E-state index contributed by atoms with van der Waals surface area (Å²) >= 11 is 0. The van der Waals surface area contributed by atoms with Crippen molar-refractivity contribution in [3.63, 3.8) is 0 Å². The van der Waals surface area contributed by atoms with Gasteiger partial charge in [-0.25, -0.2) is 9.18 Å². The number of benzene rings is 2. The summed E-state index contributed by atoms with van der Waals surface area (Å²) in [5.41, 5.74) is 0.695. The second-order valence-corrected chi connectivity index (χ2v) is 6.82. The summed E-state index contributed by atoms with van der Waals surface area (Å²) in [6.45, 7) is 5.42. The van der Waals surface area contributed by atoms with Gasteiger partial charge in [0.2, 0.25) is 0 Å². The zero-order valence-corrected chi connectivity index (χ0v) is 15.0. The first-order chi connectivity index (χ1) is 12.2. The van der Waals surface area contributed by atoms with E-state index < -0.39 is 11.5 Å². The van der Waals surface area contributed by atoms with Crippen LogP contribution in [0.25, 0.3) is 0 Å². The maximum Gasteiger partial charge on any atom is 0.338 e. The lowest BCUT2D eigenvalue weighted by molar-refractivity contribution is -0.125. The molecule has 0 aliphatic rings. The first-order valence-corrected chi connectivity index (χ1v) is 8.18. The molecule has 1 amide bonds. The van der Waals surface area contributed by atoms with Gasteiger partial charge < -0.3 is 14.8 Å². The Morgan fingerprint density at radius 1 is 1.08 bits per heavy atom. The second kappa shape index (κ2) is 8.47. The van der Waals surface area contributed by atoms with Crippen LogP contribution in [-0.4, -0.2) is 24.0 Å². The third-order valence-electron chi connectivity index (χ3n) is 3.24. The minimum Gasteiger partial charge on any atom is -0.489 e. The highest BCUT2D eigenvalue weighted by Crippen LogP contribution is 2.16. The van der Waals surface area contributed by atoms with Gasteiger partial charge in [-0.05, 0) is 56.7 Å². The molecule has 2 rings (SSSR count). The van der Waals surface area contributed by atoms with Crippen LogP contribution in [0.15, 0.2) is 48.5 Å². The molecule has 138 valence electrons. The van der Waals surface area contributed by atoms with Crippen LogP contribution in [0.3, 0.4) is 0 Å². The van der Waals surface area contributed by atoms with Gasteiger partial charge in [0.1, 0.15) is 18.2 Å². The number of esters is 1. The number of nitrogens with one attached hydrogen (secondary N) is 1. The number of carbonyl (C=O) groups excluding carboxylic acids is 2. The van der Waals surface area contributed by atoms with Gasteiger partial charge in [-0.3, -0.25) is 4.79 Å². The number of rotatable bonds is 6. The molecule has 0 aliphatic heterocycles. The van der Waals surface area contributed by atoms with E-state index in [0.29, 0.717) is 5.75 Å². The maximum atomic E-state index is 12.9. The average Bonchev–Trinajstić information content (AvgIpc) is 2.58. The molecule has 2 aromatic carbocycles. The molecule has 0 unspecified atom stereocenters. The van der Waals surface area contributed by atoms with Gasteiger partial charge in [-0.15, -0.1) is 0 Å². The molecule has 26 heavy (non-hydrogen) atoms. The van der Waals surface area contributed by atoms with Crippen molar-refractivity contribution in [3.8, 4) is 5.75 Å². The van der Waals surface area contributed by atoms with Crippen LogP contribution < -0.4 is 10.1 Å². The van der Waals surface area contributed by atoms with Crippen LogP contribution in [0.1, 0.15) is 36.7 Å². The SMILES string of the molecule is CC(C)(C)NC(=O)COC(=O)c1cccc(OCc2ccc(F)cc2)c1. The number of ether oxygens (including phenoxy) is 2. The molecule has 6 heteroatoms. The maximum absolute atomic E-state index is 12.9. The van der Waals surface area contributed by atoms with Gasteiger partial charge in [0.05, 0.1) is 5.56 Å². The minimum absolute atomic E-state index is 0.243. The first kappa shape index (κ1) is 19.4. The Hall–Kier alpha value is -2.89. The van der Waals surface area contributed by atoms with Gasteiger partial charge >= 0.3 is 5.97 Å². The fraction of sp³-hybridized carbons (Fsp3) is 0.300. The van der Waals surface area contributed by atoms with E-state index in [-0.39, 0.29) is 30.5 Å². The molecule has 2 aromatic rings. The summed E-state index contributed by atoms with van der Waals surface area (Å²) < 4.78 is 23.5. The van der Waals surface area contributed by atoms with E-state index >= 15 is 0 Å². The Morgan fingerprint density at radius 2 is 1.77 bits per heavy atom.